The van der Waals surface area contributed by atoms with Gasteiger partial charge in [0.2, 0.25) is 0 Å². The van der Waals surface area contributed by atoms with Crippen LogP contribution >= 0.6 is 0 Å². The molecular weight excluding hydrogens is 320 g/mol. The molecule has 0 radical (unpaired) electrons. The third-order valence-corrected chi connectivity index (χ3v) is 4.14. The number of ether oxygens (including phenoxy) is 1. The maximum absolute atomic E-state index is 12.2. The van der Waals surface area contributed by atoms with E-state index in [0.29, 0.717) is 29.2 Å². The predicted molar refractivity (Wildman–Crippen MR) is 95.0 cm³/mol. The number of H-pyrrole nitrogens is 1. The number of hydrogen-bond acceptors (Lipinski definition) is 6. The van der Waals surface area contributed by atoms with Gasteiger partial charge in [-0.1, -0.05) is 0 Å². The highest BCUT2D eigenvalue weighted by atomic mass is 16.5. The molecule has 5 N–H and O–H groups in total. The largest absolute Gasteiger partial charge is 0.383 e. The van der Waals surface area contributed by atoms with Crippen molar-refractivity contribution in [1.82, 2.24) is 20.2 Å². The average Bonchev–Trinajstić information content (AvgIpc) is 3.13. The van der Waals surface area contributed by atoms with Gasteiger partial charge in [-0.05, 0) is 18.2 Å². The molecule has 3 heterocycles. The van der Waals surface area contributed by atoms with Crippen LogP contribution in [0, 0.1) is 5.41 Å². The molecule has 2 aromatic rings. The van der Waals surface area contributed by atoms with Crippen LogP contribution in [0.4, 0.5) is 5.82 Å². The van der Waals surface area contributed by atoms with Crippen molar-refractivity contribution in [1.29, 1.82) is 5.41 Å². The molecule has 1 aliphatic heterocycles. The number of nitrogen functional groups attached to an aromatic ring is 1. The van der Waals surface area contributed by atoms with Gasteiger partial charge in [-0.3, -0.25) is 15.1 Å². The second kappa shape index (κ2) is 7.91. The SMILES string of the molecule is N=C(c1cc(C(=O)NCCN2CCOCC2)c[nH]1)c1cccnc1N. The Bertz CT molecular complexity index is 751. The second-order valence-corrected chi connectivity index (χ2v) is 5.82. The van der Waals surface area contributed by atoms with Crippen molar-refractivity contribution >= 4 is 17.4 Å². The average molecular weight is 342 g/mol. The van der Waals surface area contributed by atoms with Gasteiger partial charge in [0.25, 0.3) is 5.91 Å². The molecule has 8 nitrogen and oxygen atoms in total. The minimum absolute atomic E-state index is 0.164. The van der Waals surface area contributed by atoms with E-state index in [1.807, 2.05) is 0 Å². The molecule has 1 saturated heterocycles. The molecule has 0 spiro atoms. The van der Waals surface area contributed by atoms with E-state index in [-0.39, 0.29) is 11.6 Å². The van der Waals surface area contributed by atoms with Crippen molar-refractivity contribution in [3.05, 3.63) is 47.4 Å². The van der Waals surface area contributed by atoms with Crippen LogP contribution in [-0.4, -0.2) is 65.9 Å². The second-order valence-electron chi connectivity index (χ2n) is 5.82. The Kier molecular flexibility index (Phi) is 5.42. The molecule has 132 valence electrons. The van der Waals surface area contributed by atoms with Gasteiger partial charge in [-0.25, -0.2) is 4.98 Å². The van der Waals surface area contributed by atoms with Crippen LogP contribution in [0.25, 0.3) is 0 Å². The van der Waals surface area contributed by atoms with E-state index in [4.69, 9.17) is 15.9 Å². The molecule has 1 fully saturated rings. The van der Waals surface area contributed by atoms with Crippen LogP contribution in [0.3, 0.4) is 0 Å². The van der Waals surface area contributed by atoms with Crippen LogP contribution in [0.15, 0.2) is 30.6 Å². The van der Waals surface area contributed by atoms with E-state index in [0.717, 1.165) is 32.8 Å². The van der Waals surface area contributed by atoms with Crippen molar-refractivity contribution in [3.63, 3.8) is 0 Å². The topological polar surface area (TPSA) is 120 Å². The summed E-state index contributed by atoms with van der Waals surface area (Å²) in [4.78, 5) is 21.4. The molecule has 0 atom stereocenters. The summed E-state index contributed by atoms with van der Waals surface area (Å²) in [7, 11) is 0. The Labute approximate surface area is 145 Å². The number of anilines is 1. The van der Waals surface area contributed by atoms with Crippen molar-refractivity contribution in [3.8, 4) is 0 Å². The monoisotopic (exact) mass is 342 g/mol. The number of hydrogen-bond donors (Lipinski definition) is 4. The Balaban J connectivity index is 1.56. The molecule has 8 heteroatoms. The number of pyridine rings is 1. The number of morpholine rings is 1. The van der Waals surface area contributed by atoms with Gasteiger partial charge in [0.15, 0.2) is 0 Å². The molecule has 0 unspecified atom stereocenters. The Morgan fingerprint density at radius 2 is 2.24 bits per heavy atom. The Morgan fingerprint density at radius 3 is 3.00 bits per heavy atom. The first-order chi connectivity index (χ1) is 12.1. The fourth-order valence-electron chi connectivity index (χ4n) is 2.70. The Morgan fingerprint density at radius 1 is 1.44 bits per heavy atom. The molecule has 2 aromatic heterocycles. The lowest BCUT2D eigenvalue weighted by Gasteiger charge is -2.26. The molecule has 1 aliphatic rings. The molecule has 1 amide bonds. The quantitative estimate of drug-likeness (QED) is 0.569. The fraction of sp³-hybridized carbons (Fsp3) is 0.353. The van der Waals surface area contributed by atoms with Crippen molar-refractivity contribution < 1.29 is 9.53 Å². The van der Waals surface area contributed by atoms with E-state index in [1.54, 1.807) is 30.6 Å². The normalized spacial score (nSPS) is 15.0. The van der Waals surface area contributed by atoms with Gasteiger partial charge in [-0.15, -0.1) is 0 Å². The smallest absolute Gasteiger partial charge is 0.252 e. The van der Waals surface area contributed by atoms with E-state index in [9.17, 15) is 4.79 Å². The van der Waals surface area contributed by atoms with Crippen LogP contribution < -0.4 is 11.1 Å². The molecule has 0 saturated carbocycles. The maximum Gasteiger partial charge on any atom is 0.252 e. The zero-order valence-electron chi connectivity index (χ0n) is 13.9. The van der Waals surface area contributed by atoms with Gasteiger partial charge < -0.3 is 20.8 Å². The highest BCUT2D eigenvalue weighted by Gasteiger charge is 2.15. The number of amides is 1. The zero-order chi connectivity index (χ0) is 17.6. The van der Waals surface area contributed by atoms with Crippen molar-refractivity contribution in [2.75, 3.05) is 45.1 Å². The standard InChI is InChI=1S/C17H22N6O2/c18-15(13-2-1-3-20-16(13)19)14-10-12(11-22-14)17(24)21-4-5-23-6-8-25-9-7-23/h1-3,10-11,18,22H,4-9H2,(H2,19,20)(H,21,24). The van der Waals surface area contributed by atoms with E-state index < -0.39 is 0 Å². The summed E-state index contributed by atoms with van der Waals surface area (Å²) in [6.45, 7) is 4.66. The molecule has 0 aliphatic carbocycles. The van der Waals surface area contributed by atoms with E-state index in [1.165, 1.54) is 0 Å². The summed E-state index contributed by atoms with van der Waals surface area (Å²) >= 11 is 0. The maximum atomic E-state index is 12.2. The summed E-state index contributed by atoms with van der Waals surface area (Å²) in [5.41, 5.74) is 7.56. The molecule has 0 aromatic carbocycles. The van der Waals surface area contributed by atoms with E-state index >= 15 is 0 Å². The van der Waals surface area contributed by atoms with Gasteiger partial charge in [0.05, 0.1) is 30.2 Å². The number of nitrogens with two attached hydrogens (primary N) is 1. The van der Waals surface area contributed by atoms with Gasteiger partial charge >= 0.3 is 0 Å². The first-order valence-corrected chi connectivity index (χ1v) is 8.21. The molecule has 25 heavy (non-hydrogen) atoms. The minimum Gasteiger partial charge on any atom is -0.383 e. The first kappa shape index (κ1) is 17.1. The summed E-state index contributed by atoms with van der Waals surface area (Å²) in [6.07, 6.45) is 3.18. The summed E-state index contributed by atoms with van der Waals surface area (Å²) in [6, 6.07) is 5.11. The van der Waals surface area contributed by atoms with Crippen LogP contribution in [0.2, 0.25) is 0 Å². The first-order valence-electron chi connectivity index (χ1n) is 8.21. The summed E-state index contributed by atoms with van der Waals surface area (Å²) in [5, 5.41) is 11.1. The number of nitrogens with zero attached hydrogens (tertiary/aromatic N) is 2. The number of carbonyl (C=O) groups is 1. The lowest BCUT2D eigenvalue weighted by molar-refractivity contribution is 0.0383. The Hall–Kier alpha value is -2.71. The fourth-order valence-corrected chi connectivity index (χ4v) is 2.70. The molecule has 0 bridgehead atoms. The van der Waals surface area contributed by atoms with Crippen molar-refractivity contribution in [2.24, 2.45) is 0 Å². The third-order valence-electron chi connectivity index (χ3n) is 4.14. The van der Waals surface area contributed by atoms with Crippen LogP contribution in [-0.2, 0) is 4.74 Å². The van der Waals surface area contributed by atoms with Crippen LogP contribution in [0.1, 0.15) is 21.6 Å². The summed E-state index contributed by atoms with van der Waals surface area (Å²) in [5.74, 6) is 0.126. The third kappa shape index (κ3) is 4.23. The number of aromatic amines is 1. The highest BCUT2D eigenvalue weighted by molar-refractivity contribution is 6.13. The van der Waals surface area contributed by atoms with Gasteiger partial charge in [0, 0.05) is 44.1 Å². The minimum atomic E-state index is -0.164. The van der Waals surface area contributed by atoms with Crippen LogP contribution in [0.5, 0.6) is 0 Å². The number of nitrogens with one attached hydrogen (secondary N) is 3. The number of rotatable bonds is 6. The van der Waals surface area contributed by atoms with Gasteiger partial charge in [-0.2, -0.15) is 0 Å². The highest BCUT2D eigenvalue weighted by Crippen LogP contribution is 2.14. The number of aromatic nitrogens is 2. The zero-order valence-corrected chi connectivity index (χ0v) is 13.9. The number of carbonyl (C=O) groups excluding carboxylic acids is 1. The van der Waals surface area contributed by atoms with E-state index in [2.05, 4.69) is 20.2 Å². The predicted octanol–water partition coefficient (Wildman–Crippen LogP) is 0.470. The molecule has 3 rings (SSSR count). The lowest BCUT2D eigenvalue weighted by Crippen LogP contribution is -2.41. The van der Waals surface area contributed by atoms with Gasteiger partial charge in [0.1, 0.15) is 5.82 Å². The van der Waals surface area contributed by atoms with Crippen molar-refractivity contribution in [2.45, 2.75) is 0 Å². The lowest BCUT2D eigenvalue weighted by atomic mass is 10.1. The summed E-state index contributed by atoms with van der Waals surface area (Å²) < 4.78 is 5.30. The molecular formula is C17H22N6O2.